The van der Waals surface area contributed by atoms with Gasteiger partial charge < -0.3 is 4.57 Å². The summed E-state index contributed by atoms with van der Waals surface area (Å²) in [6.45, 7) is 0. The zero-order chi connectivity index (χ0) is 33.7. The fourth-order valence-corrected chi connectivity index (χ4v) is 7.38. The molecule has 0 saturated heterocycles. The SMILES string of the molecule is c1ccc(-c2ccc(-c3nc(-c4ccc5ccccc5c4)nc(-c4c(-n5c6ccccc6c6ccccc65)ccc5ccccc45)n3)cc2)cc1. The molecule has 2 aromatic heterocycles. The molecule has 0 bridgehead atoms. The van der Waals surface area contributed by atoms with Crippen molar-refractivity contribution >= 4 is 43.4 Å². The molecule has 0 aliphatic carbocycles. The van der Waals surface area contributed by atoms with E-state index in [-0.39, 0.29) is 0 Å². The van der Waals surface area contributed by atoms with Crippen LogP contribution < -0.4 is 0 Å². The first-order valence-electron chi connectivity index (χ1n) is 17.2. The number of rotatable bonds is 5. The van der Waals surface area contributed by atoms with Gasteiger partial charge in [0, 0.05) is 21.9 Å². The average Bonchev–Trinajstić information content (AvgIpc) is 3.54. The van der Waals surface area contributed by atoms with Gasteiger partial charge in [-0.1, -0.05) is 158 Å². The van der Waals surface area contributed by atoms with E-state index < -0.39 is 0 Å². The molecule has 10 aromatic rings. The smallest absolute Gasteiger partial charge is 0.166 e. The molecule has 8 aromatic carbocycles. The van der Waals surface area contributed by atoms with Crippen LogP contribution in [0, 0.1) is 0 Å². The molecule has 0 saturated carbocycles. The van der Waals surface area contributed by atoms with Crippen molar-refractivity contribution in [1.82, 2.24) is 19.5 Å². The minimum atomic E-state index is 0.629. The van der Waals surface area contributed by atoms with Gasteiger partial charge >= 0.3 is 0 Å². The lowest BCUT2D eigenvalue weighted by Crippen LogP contribution is -2.04. The lowest BCUT2D eigenvalue weighted by Gasteiger charge is -2.17. The van der Waals surface area contributed by atoms with Crippen molar-refractivity contribution in [3.05, 3.63) is 182 Å². The van der Waals surface area contributed by atoms with E-state index in [0.29, 0.717) is 17.5 Å². The van der Waals surface area contributed by atoms with Gasteiger partial charge in [0.15, 0.2) is 17.5 Å². The Morgan fingerprint density at radius 1 is 0.314 bits per heavy atom. The fraction of sp³-hybridized carbons (Fsp3) is 0. The summed E-state index contributed by atoms with van der Waals surface area (Å²) in [7, 11) is 0. The van der Waals surface area contributed by atoms with E-state index >= 15 is 0 Å². The number of benzene rings is 8. The van der Waals surface area contributed by atoms with Gasteiger partial charge in [-0.25, -0.2) is 15.0 Å². The van der Waals surface area contributed by atoms with Gasteiger partial charge in [0.25, 0.3) is 0 Å². The van der Waals surface area contributed by atoms with E-state index in [2.05, 4.69) is 180 Å². The Balaban J connectivity index is 1.26. The topological polar surface area (TPSA) is 43.6 Å². The monoisotopic (exact) mass is 650 g/mol. The number of fused-ring (bicyclic) bond motifs is 5. The number of aromatic nitrogens is 4. The summed E-state index contributed by atoms with van der Waals surface area (Å²) in [6, 6.07) is 63.9. The quantitative estimate of drug-likeness (QED) is 0.186. The van der Waals surface area contributed by atoms with Crippen LogP contribution >= 0.6 is 0 Å². The van der Waals surface area contributed by atoms with E-state index in [1.54, 1.807) is 0 Å². The van der Waals surface area contributed by atoms with E-state index in [1.165, 1.54) is 21.7 Å². The second kappa shape index (κ2) is 11.9. The zero-order valence-electron chi connectivity index (χ0n) is 27.6. The van der Waals surface area contributed by atoms with Gasteiger partial charge in [0.05, 0.1) is 22.3 Å². The summed E-state index contributed by atoms with van der Waals surface area (Å²) < 4.78 is 2.36. The van der Waals surface area contributed by atoms with E-state index in [4.69, 9.17) is 15.0 Å². The lowest BCUT2D eigenvalue weighted by molar-refractivity contribution is 1.07. The zero-order valence-corrected chi connectivity index (χ0v) is 27.6. The van der Waals surface area contributed by atoms with Crippen LogP contribution in [0.5, 0.6) is 0 Å². The third kappa shape index (κ3) is 4.96. The molecule has 4 heteroatoms. The van der Waals surface area contributed by atoms with Crippen LogP contribution in [0.3, 0.4) is 0 Å². The summed E-state index contributed by atoms with van der Waals surface area (Å²) in [5.74, 6) is 1.89. The van der Waals surface area contributed by atoms with Crippen molar-refractivity contribution in [3.8, 4) is 51.0 Å². The molecule has 51 heavy (non-hydrogen) atoms. The molecule has 0 fully saturated rings. The molecule has 0 aliphatic heterocycles. The van der Waals surface area contributed by atoms with Gasteiger partial charge in [0.1, 0.15) is 0 Å². The molecule has 0 unspecified atom stereocenters. The van der Waals surface area contributed by atoms with Crippen molar-refractivity contribution in [1.29, 1.82) is 0 Å². The Hall–Kier alpha value is -6.91. The van der Waals surface area contributed by atoms with E-state index in [0.717, 1.165) is 55.1 Å². The first-order chi connectivity index (χ1) is 25.3. The molecule has 0 N–H and O–H groups in total. The fourth-order valence-electron chi connectivity index (χ4n) is 7.38. The maximum absolute atomic E-state index is 5.32. The third-order valence-electron chi connectivity index (χ3n) is 9.84. The lowest BCUT2D eigenvalue weighted by atomic mass is 10.0. The van der Waals surface area contributed by atoms with Crippen LogP contribution in [-0.4, -0.2) is 19.5 Å². The predicted molar refractivity (Wildman–Crippen MR) is 211 cm³/mol. The normalized spacial score (nSPS) is 11.5. The van der Waals surface area contributed by atoms with Crippen LogP contribution in [0.15, 0.2) is 182 Å². The van der Waals surface area contributed by atoms with Crippen molar-refractivity contribution in [2.75, 3.05) is 0 Å². The Morgan fingerprint density at radius 2 is 0.804 bits per heavy atom. The van der Waals surface area contributed by atoms with Crippen molar-refractivity contribution in [2.45, 2.75) is 0 Å². The van der Waals surface area contributed by atoms with Gasteiger partial charge in [-0.3, -0.25) is 0 Å². The standard InChI is InChI=1S/C47H30N4/c1-2-12-31(13-3-1)33-22-25-35(26-23-33)45-48-46(37-27-24-32-14-4-5-16-36(32)30-37)50-47(49-45)44-38-17-7-6-15-34(38)28-29-43(44)51-41-20-10-8-18-39(41)40-19-9-11-21-42(40)51/h1-30H. The number of nitrogens with zero attached hydrogens (tertiary/aromatic N) is 4. The number of para-hydroxylation sites is 2. The predicted octanol–water partition coefficient (Wildman–Crippen LogP) is 11.9. The summed E-state index contributed by atoms with van der Waals surface area (Å²) in [5, 5.41) is 6.94. The van der Waals surface area contributed by atoms with Crippen molar-refractivity contribution in [3.63, 3.8) is 0 Å². The van der Waals surface area contributed by atoms with Gasteiger partial charge in [0.2, 0.25) is 0 Å². The van der Waals surface area contributed by atoms with Gasteiger partial charge in [-0.05, 0) is 56.9 Å². The van der Waals surface area contributed by atoms with E-state index in [9.17, 15) is 0 Å². The number of hydrogen-bond donors (Lipinski definition) is 0. The van der Waals surface area contributed by atoms with Crippen molar-refractivity contribution < 1.29 is 0 Å². The average molecular weight is 651 g/mol. The second-order valence-electron chi connectivity index (χ2n) is 12.9. The first kappa shape index (κ1) is 29.0. The van der Waals surface area contributed by atoms with Gasteiger partial charge in [-0.15, -0.1) is 0 Å². The summed E-state index contributed by atoms with van der Waals surface area (Å²) >= 11 is 0. The number of hydrogen-bond acceptors (Lipinski definition) is 3. The van der Waals surface area contributed by atoms with Crippen LogP contribution in [0.2, 0.25) is 0 Å². The van der Waals surface area contributed by atoms with Gasteiger partial charge in [-0.2, -0.15) is 0 Å². The minimum Gasteiger partial charge on any atom is -0.308 e. The largest absolute Gasteiger partial charge is 0.308 e. The minimum absolute atomic E-state index is 0.629. The molecule has 2 heterocycles. The maximum atomic E-state index is 5.32. The Kier molecular flexibility index (Phi) is 6.78. The van der Waals surface area contributed by atoms with Crippen LogP contribution in [0.1, 0.15) is 0 Å². The highest BCUT2D eigenvalue weighted by atomic mass is 15.1. The molecule has 0 radical (unpaired) electrons. The maximum Gasteiger partial charge on any atom is 0.166 e. The molecule has 238 valence electrons. The summed E-state index contributed by atoms with van der Waals surface area (Å²) in [6.07, 6.45) is 0. The molecule has 4 nitrogen and oxygen atoms in total. The Bertz CT molecular complexity index is 2850. The molecule has 10 rings (SSSR count). The van der Waals surface area contributed by atoms with Crippen LogP contribution in [0.4, 0.5) is 0 Å². The molecular weight excluding hydrogens is 621 g/mol. The highest BCUT2D eigenvalue weighted by molar-refractivity contribution is 6.11. The second-order valence-corrected chi connectivity index (χ2v) is 12.9. The highest BCUT2D eigenvalue weighted by Crippen LogP contribution is 2.40. The van der Waals surface area contributed by atoms with E-state index in [1.807, 2.05) is 6.07 Å². The Labute approximate surface area is 295 Å². The first-order valence-corrected chi connectivity index (χ1v) is 17.2. The third-order valence-corrected chi connectivity index (χ3v) is 9.84. The molecular formula is C47H30N4. The summed E-state index contributed by atoms with van der Waals surface area (Å²) in [5.41, 5.74) is 8.44. The molecule has 0 aliphatic rings. The molecule has 0 spiro atoms. The Morgan fingerprint density at radius 3 is 1.53 bits per heavy atom. The van der Waals surface area contributed by atoms with Crippen LogP contribution in [0.25, 0.3) is 94.3 Å². The molecule has 0 amide bonds. The van der Waals surface area contributed by atoms with Crippen LogP contribution in [-0.2, 0) is 0 Å². The summed E-state index contributed by atoms with van der Waals surface area (Å²) in [4.78, 5) is 15.8. The highest BCUT2D eigenvalue weighted by Gasteiger charge is 2.21. The molecule has 0 atom stereocenters. The van der Waals surface area contributed by atoms with Crippen molar-refractivity contribution in [2.24, 2.45) is 0 Å².